The van der Waals surface area contributed by atoms with Gasteiger partial charge in [0, 0.05) is 5.54 Å². The highest BCUT2D eigenvalue weighted by Crippen LogP contribution is 1.98. The molecular formula is C10H18N2O. The fourth-order valence-corrected chi connectivity index (χ4v) is 0.783. The maximum atomic E-state index is 11.4. The van der Waals surface area contributed by atoms with E-state index in [9.17, 15) is 4.79 Å². The molecule has 3 heteroatoms. The summed E-state index contributed by atoms with van der Waals surface area (Å²) in [6.07, 6.45) is 5.06. The first-order valence-electron chi connectivity index (χ1n) is 4.35. The van der Waals surface area contributed by atoms with Crippen molar-refractivity contribution in [1.29, 1.82) is 0 Å². The van der Waals surface area contributed by atoms with E-state index in [0.717, 1.165) is 0 Å². The lowest BCUT2D eigenvalue weighted by Gasteiger charge is -2.23. The summed E-state index contributed by atoms with van der Waals surface area (Å²) in [5, 5.41) is 5.76. The Bertz CT molecular complexity index is 210. The Labute approximate surface area is 80.3 Å². The molecule has 74 valence electrons. The van der Waals surface area contributed by atoms with Gasteiger partial charge in [0.15, 0.2) is 0 Å². The molecule has 0 aliphatic rings. The number of terminal acetylenes is 1. The van der Waals surface area contributed by atoms with Crippen LogP contribution in [0.15, 0.2) is 0 Å². The Morgan fingerprint density at radius 3 is 2.46 bits per heavy atom. The lowest BCUT2D eigenvalue weighted by atomic mass is 10.1. The summed E-state index contributed by atoms with van der Waals surface area (Å²) in [5.41, 5.74) is -0.191. The molecule has 0 radical (unpaired) electrons. The molecule has 0 rings (SSSR count). The first-order chi connectivity index (χ1) is 5.87. The number of hydrogen-bond donors (Lipinski definition) is 2. The van der Waals surface area contributed by atoms with Gasteiger partial charge in [-0.25, -0.2) is 0 Å². The van der Waals surface area contributed by atoms with Crippen LogP contribution in [0.1, 0.15) is 27.7 Å². The van der Waals surface area contributed by atoms with Crippen LogP contribution in [0.4, 0.5) is 0 Å². The van der Waals surface area contributed by atoms with Crippen LogP contribution in [0.5, 0.6) is 0 Å². The lowest BCUT2D eigenvalue weighted by Crippen LogP contribution is -2.49. The van der Waals surface area contributed by atoms with E-state index >= 15 is 0 Å². The van der Waals surface area contributed by atoms with Gasteiger partial charge in [-0.3, -0.25) is 10.1 Å². The average Bonchev–Trinajstić information content (AvgIpc) is 1.96. The van der Waals surface area contributed by atoms with Gasteiger partial charge in [-0.1, -0.05) is 5.92 Å². The molecule has 2 N–H and O–H groups in total. The van der Waals surface area contributed by atoms with Crippen LogP contribution < -0.4 is 10.6 Å². The summed E-state index contributed by atoms with van der Waals surface area (Å²) in [6.45, 7) is 8.04. The summed E-state index contributed by atoms with van der Waals surface area (Å²) < 4.78 is 0. The van der Waals surface area contributed by atoms with Gasteiger partial charge in [-0.15, -0.1) is 6.42 Å². The normalized spacial score (nSPS) is 13.2. The second-order valence-corrected chi connectivity index (χ2v) is 4.05. The van der Waals surface area contributed by atoms with Crippen LogP contribution >= 0.6 is 0 Å². The second-order valence-electron chi connectivity index (χ2n) is 4.05. The van der Waals surface area contributed by atoms with E-state index in [0.29, 0.717) is 6.54 Å². The van der Waals surface area contributed by atoms with Crippen molar-refractivity contribution in [2.75, 3.05) is 6.54 Å². The molecule has 0 aromatic rings. The van der Waals surface area contributed by atoms with Gasteiger partial charge < -0.3 is 5.32 Å². The fraction of sp³-hybridized carbons (Fsp3) is 0.700. The minimum Gasteiger partial charge on any atom is -0.350 e. The van der Waals surface area contributed by atoms with E-state index < -0.39 is 0 Å². The zero-order valence-corrected chi connectivity index (χ0v) is 8.77. The first kappa shape index (κ1) is 12.0. The molecule has 0 saturated heterocycles. The molecule has 13 heavy (non-hydrogen) atoms. The first-order valence-corrected chi connectivity index (χ1v) is 4.35. The Hall–Kier alpha value is -1.01. The average molecular weight is 182 g/mol. The number of nitrogens with one attached hydrogen (secondary N) is 2. The second kappa shape index (κ2) is 4.88. The van der Waals surface area contributed by atoms with E-state index in [1.54, 1.807) is 6.92 Å². The molecule has 0 aromatic heterocycles. The van der Waals surface area contributed by atoms with Crippen molar-refractivity contribution in [3.8, 4) is 12.3 Å². The van der Waals surface area contributed by atoms with Gasteiger partial charge in [0.25, 0.3) is 0 Å². The third kappa shape index (κ3) is 6.18. The Balaban J connectivity index is 3.91. The molecule has 3 nitrogen and oxygen atoms in total. The van der Waals surface area contributed by atoms with Crippen molar-refractivity contribution in [2.24, 2.45) is 0 Å². The van der Waals surface area contributed by atoms with E-state index in [1.165, 1.54) is 0 Å². The van der Waals surface area contributed by atoms with Crippen molar-refractivity contribution in [3.63, 3.8) is 0 Å². The molecule has 0 aliphatic carbocycles. The van der Waals surface area contributed by atoms with Gasteiger partial charge in [0.05, 0.1) is 12.6 Å². The predicted molar refractivity (Wildman–Crippen MR) is 54.2 cm³/mol. The van der Waals surface area contributed by atoms with Gasteiger partial charge in [0.2, 0.25) is 5.91 Å². The number of carbonyl (C=O) groups excluding carboxylic acids is 1. The summed E-state index contributed by atoms with van der Waals surface area (Å²) in [4.78, 5) is 11.4. The molecule has 0 bridgehead atoms. The van der Waals surface area contributed by atoms with Crippen molar-refractivity contribution < 1.29 is 4.79 Å². The van der Waals surface area contributed by atoms with Gasteiger partial charge in [-0.2, -0.15) is 0 Å². The van der Waals surface area contributed by atoms with Crippen molar-refractivity contribution in [2.45, 2.75) is 39.3 Å². The predicted octanol–water partition coefficient (Wildman–Crippen LogP) is 0.512. The van der Waals surface area contributed by atoms with E-state index in [1.807, 2.05) is 20.8 Å². The molecule has 0 aliphatic heterocycles. The molecule has 0 fully saturated rings. The van der Waals surface area contributed by atoms with Gasteiger partial charge >= 0.3 is 0 Å². The molecule has 0 saturated carbocycles. The number of hydrogen-bond acceptors (Lipinski definition) is 2. The summed E-state index contributed by atoms with van der Waals surface area (Å²) in [5.74, 6) is 2.40. The summed E-state index contributed by atoms with van der Waals surface area (Å²) in [7, 11) is 0. The zero-order valence-electron chi connectivity index (χ0n) is 8.77. The maximum Gasteiger partial charge on any atom is 0.237 e. The topological polar surface area (TPSA) is 41.1 Å². The number of carbonyl (C=O) groups is 1. The standard InChI is InChI=1S/C10H18N2O/c1-6-7-11-8(2)9(13)12-10(3,4)5/h1,8,11H,7H2,2-5H3,(H,12,13). The number of rotatable bonds is 3. The van der Waals surface area contributed by atoms with Gasteiger partial charge in [-0.05, 0) is 27.7 Å². The van der Waals surface area contributed by atoms with Crippen LogP contribution in [-0.4, -0.2) is 24.0 Å². The Morgan fingerprint density at radius 2 is 2.08 bits per heavy atom. The SMILES string of the molecule is C#CCNC(C)C(=O)NC(C)(C)C. The molecule has 0 aromatic carbocycles. The monoisotopic (exact) mass is 182 g/mol. The molecular weight excluding hydrogens is 164 g/mol. The fourth-order valence-electron chi connectivity index (χ4n) is 0.783. The Morgan fingerprint density at radius 1 is 1.54 bits per heavy atom. The third-order valence-electron chi connectivity index (χ3n) is 1.40. The van der Waals surface area contributed by atoms with E-state index in [2.05, 4.69) is 16.6 Å². The van der Waals surface area contributed by atoms with E-state index in [4.69, 9.17) is 6.42 Å². The molecule has 1 amide bonds. The van der Waals surface area contributed by atoms with Gasteiger partial charge in [0.1, 0.15) is 0 Å². The third-order valence-corrected chi connectivity index (χ3v) is 1.40. The van der Waals surface area contributed by atoms with Crippen LogP contribution in [-0.2, 0) is 4.79 Å². The highest BCUT2D eigenvalue weighted by molar-refractivity contribution is 5.81. The lowest BCUT2D eigenvalue weighted by molar-refractivity contribution is -0.124. The minimum atomic E-state index is -0.240. The highest BCUT2D eigenvalue weighted by Gasteiger charge is 2.17. The largest absolute Gasteiger partial charge is 0.350 e. The van der Waals surface area contributed by atoms with Crippen molar-refractivity contribution in [1.82, 2.24) is 10.6 Å². The smallest absolute Gasteiger partial charge is 0.237 e. The summed E-state index contributed by atoms with van der Waals surface area (Å²) in [6, 6.07) is -0.240. The molecule has 0 heterocycles. The maximum absolute atomic E-state index is 11.4. The minimum absolute atomic E-state index is 0.0252. The number of amides is 1. The van der Waals surface area contributed by atoms with Crippen LogP contribution in [0, 0.1) is 12.3 Å². The van der Waals surface area contributed by atoms with Crippen molar-refractivity contribution >= 4 is 5.91 Å². The molecule has 1 atom stereocenters. The zero-order chi connectivity index (χ0) is 10.5. The quantitative estimate of drug-likeness (QED) is 0.624. The van der Waals surface area contributed by atoms with E-state index in [-0.39, 0.29) is 17.5 Å². The highest BCUT2D eigenvalue weighted by atomic mass is 16.2. The van der Waals surface area contributed by atoms with Crippen LogP contribution in [0.2, 0.25) is 0 Å². The molecule has 1 unspecified atom stereocenters. The van der Waals surface area contributed by atoms with Crippen molar-refractivity contribution in [3.05, 3.63) is 0 Å². The van der Waals surface area contributed by atoms with Crippen LogP contribution in [0.3, 0.4) is 0 Å². The summed E-state index contributed by atoms with van der Waals surface area (Å²) >= 11 is 0. The Kier molecular flexibility index (Phi) is 4.50. The van der Waals surface area contributed by atoms with Crippen LogP contribution in [0.25, 0.3) is 0 Å². The molecule has 0 spiro atoms.